The predicted molar refractivity (Wildman–Crippen MR) is 65.9 cm³/mol. The molecule has 0 aliphatic carbocycles. The summed E-state index contributed by atoms with van der Waals surface area (Å²) in [6.07, 6.45) is 1.35. The van der Waals surface area contributed by atoms with Gasteiger partial charge < -0.3 is 5.11 Å². The van der Waals surface area contributed by atoms with Gasteiger partial charge in [0.05, 0.1) is 0 Å². The van der Waals surface area contributed by atoms with E-state index in [9.17, 15) is 13.2 Å². The third kappa shape index (κ3) is 2.47. The monoisotopic (exact) mass is 292 g/mol. The fourth-order valence-electron chi connectivity index (χ4n) is 1.15. The summed E-state index contributed by atoms with van der Waals surface area (Å²) in [5.41, 5.74) is -1.59. The first-order chi connectivity index (χ1) is 8.11. The molecule has 0 spiro atoms. The molecule has 0 saturated heterocycles. The minimum absolute atomic E-state index is 0.189. The van der Waals surface area contributed by atoms with Crippen LogP contribution in [0.2, 0.25) is 5.15 Å². The molecule has 0 bridgehead atoms. The van der Waals surface area contributed by atoms with Crippen LogP contribution < -0.4 is 0 Å². The van der Waals surface area contributed by atoms with Crippen LogP contribution in [0.15, 0.2) is 23.2 Å². The van der Waals surface area contributed by atoms with Gasteiger partial charge in [0, 0.05) is 13.2 Å². The van der Waals surface area contributed by atoms with Gasteiger partial charge in [0.25, 0.3) is 0 Å². The van der Waals surface area contributed by atoms with Gasteiger partial charge in [-0.05, 0) is 26.0 Å². The summed E-state index contributed by atoms with van der Waals surface area (Å²) in [6.45, 7) is 2.58. The highest BCUT2D eigenvalue weighted by atomic mass is 35.5. The molecule has 0 unspecified atom stereocenters. The van der Waals surface area contributed by atoms with Crippen molar-refractivity contribution < 1.29 is 18.3 Å². The number of aliphatic carboxylic acids is 1. The molecule has 0 fully saturated rings. The van der Waals surface area contributed by atoms with E-state index in [2.05, 4.69) is 4.98 Å². The summed E-state index contributed by atoms with van der Waals surface area (Å²) in [4.78, 5) is 14.5. The molecule has 8 heteroatoms. The predicted octanol–water partition coefficient (Wildman–Crippen LogP) is 1.22. The van der Waals surface area contributed by atoms with Crippen LogP contribution in [0.1, 0.15) is 13.8 Å². The molecule has 6 nitrogen and oxygen atoms in total. The van der Waals surface area contributed by atoms with E-state index in [-0.39, 0.29) is 10.0 Å². The van der Waals surface area contributed by atoms with E-state index < -0.39 is 21.5 Å². The van der Waals surface area contributed by atoms with Crippen molar-refractivity contribution in [1.82, 2.24) is 9.29 Å². The fourth-order valence-corrected chi connectivity index (χ4v) is 3.05. The second-order valence-electron chi connectivity index (χ2n) is 4.13. The smallest absolute Gasteiger partial charge is 0.324 e. The summed E-state index contributed by atoms with van der Waals surface area (Å²) in [7, 11) is -2.83. The lowest BCUT2D eigenvalue weighted by Crippen LogP contribution is -2.50. The van der Waals surface area contributed by atoms with Crippen molar-refractivity contribution in [1.29, 1.82) is 0 Å². The van der Waals surface area contributed by atoms with Crippen LogP contribution in [-0.4, -0.2) is 41.4 Å². The molecule has 0 aliphatic heterocycles. The number of carbonyl (C=O) groups is 1. The van der Waals surface area contributed by atoms with Gasteiger partial charge in [0.2, 0.25) is 10.0 Å². The number of likely N-dealkylation sites (N-methyl/N-ethyl adjacent to an activating group) is 1. The molecule has 1 rings (SSSR count). The molecule has 1 aromatic rings. The largest absolute Gasteiger partial charge is 0.480 e. The summed E-state index contributed by atoms with van der Waals surface area (Å²) >= 11 is 5.72. The summed E-state index contributed by atoms with van der Waals surface area (Å²) < 4.78 is 25.2. The van der Waals surface area contributed by atoms with E-state index in [1.807, 2.05) is 0 Å². The highest BCUT2D eigenvalue weighted by Crippen LogP contribution is 2.26. The molecular formula is C10H13ClN2O4S. The van der Waals surface area contributed by atoms with Gasteiger partial charge in [-0.25, -0.2) is 13.4 Å². The van der Waals surface area contributed by atoms with Crippen molar-refractivity contribution in [2.75, 3.05) is 7.05 Å². The Balaban J connectivity index is 3.33. The number of rotatable bonds is 4. The standard InChI is InChI=1S/C10H13ClN2O4S/c1-10(2,9(14)15)13(3)18(16,17)7-5-4-6-12-8(7)11/h4-6H,1-3H3,(H,14,15). The Labute approximate surface area is 110 Å². The average Bonchev–Trinajstić information content (AvgIpc) is 2.28. The number of hydrogen-bond donors (Lipinski definition) is 1. The van der Waals surface area contributed by atoms with Crippen molar-refractivity contribution in [3.63, 3.8) is 0 Å². The number of pyridine rings is 1. The van der Waals surface area contributed by atoms with Crippen LogP contribution in [0.25, 0.3) is 0 Å². The molecule has 0 atom stereocenters. The van der Waals surface area contributed by atoms with E-state index in [1.54, 1.807) is 0 Å². The summed E-state index contributed by atoms with van der Waals surface area (Å²) in [5, 5.41) is 8.85. The number of aromatic nitrogens is 1. The minimum Gasteiger partial charge on any atom is -0.480 e. The van der Waals surface area contributed by atoms with Gasteiger partial charge in [0.15, 0.2) is 0 Å². The molecule has 0 radical (unpaired) electrons. The zero-order valence-corrected chi connectivity index (χ0v) is 11.7. The quantitative estimate of drug-likeness (QED) is 0.843. The maximum Gasteiger partial charge on any atom is 0.324 e. The number of halogens is 1. The minimum atomic E-state index is -4.01. The van der Waals surface area contributed by atoms with Crippen LogP contribution in [0.4, 0.5) is 0 Å². The number of sulfonamides is 1. The zero-order chi connectivity index (χ0) is 14.1. The average molecular weight is 293 g/mol. The molecular weight excluding hydrogens is 280 g/mol. The number of hydrogen-bond acceptors (Lipinski definition) is 4. The van der Waals surface area contributed by atoms with Gasteiger partial charge in [-0.15, -0.1) is 0 Å². The van der Waals surface area contributed by atoms with Crippen LogP contribution in [-0.2, 0) is 14.8 Å². The molecule has 1 aromatic heterocycles. The highest BCUT2D eigenvalue weighted by Gasteiger charge is 2.40. The first-order valence-corrected chi connectivity index (χ1v) is 6.76. The lowest BCUT2D eigenvalue weighted by atomic mass is 10.1. The Kier molecular flexibility index (Phi) is 3.99. The maximum atomic E-state index is 12.2. The topological polar surface area (TPSA) is 87.6 Å². The van der Waals surface area contributed by atoms with Gasteiger partial charge in [-0.2, -0.15) is 4.31 Å². The van der Waals surface area contributed by atoms with Crippen molar-refractivity contribution >= 4 is 27.6 Å². The van der Waals surface area contributed by atoms with Crippen LogP contribution >= 0.6 is 11.6 Å². The number of carboxylic acid groups (broad SMARTS) is 1. The van der Waals surface area contributed by atoms with E-state index in [0.717, 1.165) is 4.31 Å². The molecule has 0 aliphatic rings. The Hall–Kier alpha value is -1.18. The Morgan fingerprint density at radius 3 is 2.50 bits per heavy atom. The molecule has 18 heavy (non-hydrogen) atoms. The van der Waals surface area contributed by atoms with Gasteiger partial charge in [-0.3, -0.25) is 4.79 Å². The number of nitrogens with zero attached hydrogens (tertiary/aromatic N) is 2. The van der Waals surface area contributed by atoms with Crippen molar-refractivity contribution in [3.8, 4) is 0 Å². The Morgan fingerprint density at radius 1 is 1.50 bits per heavy atom. The molecule has 0 amide bonds. The molecule has 0 aromatic carbocycles. The molecule has 100 valence electrons. The third-order valence-corrected chi connectivity index (χ3v) is 5.15. The Morgan fingerprint density at radius 2 is 2.06 bits per heavy atom. The zero-order valence-electron chi connectivity index (χ0n) is 10.1. The summed E-state index contributed by atoms with van der Waals surface area (Å²) in [6, 6.07) is 2.69. The first kappa shape index (κ1) is 14.9. The van der Waals surface area contributed by atoms with Gasteiger partial charge >= 0.3 is 5.97 Å². The number of carboxylic acids is 1. The van der Waals surface area contributed by atoms with E-state index >= 15 is 0 Å². The second-order valence-corrected chi connectivity index (χ2v) is 6.42. The third-order valence-electron chi connectivity index (χ3n) is 2.67. The lowest BCUT2D eigenvalue weighted by Gasteiger charge is -2.30. The van der Waals surface area contributed by atoms with E-state index in [4.69, 9.17) is 16.7 Å². The highest BCUT2D eigenvalue weighted by molar-refractivity contribution is 7.89. The van der Waals surface area contributed by atoms with Crippen molar-refractivity contribution in [3.05, 3.63) is 23.5 Å². The van der Waals surface area contributed by atoms with E-state index in [1.165, 1.54) is 39.2 Å². The molecule has 1 N–H and O–H groups in total. The summed E-state index contributed by atoms with van der Waals surface area (Å²) in [5.74, 6) is -1.26. The normalized spacial score (nSPS) is 12.7. The molecule has 1 heterocycles. The van der Waals surface area contributed by atoms with Crippen molar-refractivity contribution in [2.24, 2.45) is 0 Å². The van der Waals surface area contributed by atoms with Crippen LogP contribution in [0.5, 0.6) is 0 Å². The van der Waals surface area contributed by atoms with Gasteiger partial charge in [-0.1, -0.05) is 11.6 Å². The second kappa shape index (κ2) is 4.83. The van der Waals surface area contributed by atoms with E-state index in [0.29, 0.717) is 0 Å². The van der Waals surface area contributed by atoms with Crippen molar-refractivity contribution in [2.45, 2.75) is 24.3 Å². The van der Waals surface area contributed by atoms with Crippen LogP contribution in [0.3, 0.4) is 0 Å². The van der Waals surface area contributed by atoms with Gasteiger partial charge in [0.1, 0.15) is 15.6 Å². The maximum absolute atomic E-state index is 12.2. The SMILES string of the molecule is CN(C(C)(C)C(=O)O)S(=O)(=O)c1cccnc1Cl. The lowest BCUT2D eigenvalue weighted by molar-refractivity contribution is -0.145. The first-order valence-electron chi connectivity index (χ1n) is 4.94. The Bertz CT molecular complexity index is 571. The van der Waals surface area contributed by atoms with Crippen LogP contribution in [0, 0.1) is 0 Å². The molecule has 0 saturated carbocycles. The fraction of sp³-hybridized carbons (Fsp3) is 0.400.